The maximum absolute atomic E-state index is 13.9. The van der Waals surface area contributed by atoms with Crippen LogP contribution in [0.15, 0.2) is 23.0 Å². The highest BCUT2D eigenvalue weighted by Crippen LogP contribution is 2.65. The molecule has 0 unspecified atom stereocenters. The number of nitrogens with zero attached hydrogens (tertiary/aromatic N) is 1. The minimum absolute atomic E-state index is 0.0835. The van der Waals surface area contributed by atoms with Gasteiger partial charge in [0.2, 0.25) is 5.91 Å². The van der Waals surface area contributed by atoms with Gasteiger partial charge < -0.3 is 19.2 Å². The molecule has 9 heteroatoms. The Morgan fingerprint density at radius 3 is 2.71 bits per heavy atom. The number of nitrogens with one attached hydrogen (secondary N) is 1. The van der Waals surface area contributed by atoms with Crippen LogP contribution in [0.5, 0.6) is 0 Å². The van der Waals surface area contributed by atoms with E-state index in [1.807, 2.05) is 19.9 Å². The number of esters is 2. The van der Waals surface area contributed by atoms with Crippen molar-refractivity contribution in [1.82, 2.24) is 5.32 Å². The number of Topliss-reactive ketones (excluding diaryl/α,β-unsaturated/α-hetero) is 1. The summed E-state index contributed by atoms with van der Waals surface area (Å²) >= 11 is 0. The quantitative estimate of drug-likeness (QED) is 0.512. The first-order valence-electron chi connectivity index (χ1n) is 11.7. The molecule has 2 saturated carbocycles. The van der Waals surface area contributed by atoms with Crippen molar-refractivity contribution in [3.63, 3.8) is 0 Å². The van der Waals surface area contributed by atoms with E-state index in [0.717, 1.165) is 0 Å². The molecule has 0 radical (unpaired) electrons. The molecule has 3 fully saturated rings. The van der Waals surface area contributed by atoms with Crippen molar-refractivity contribution in [2.24, 2.45) is 28.6 Å². The highest BCUT2D eigenvalue weighted by atomic mass is 16.6. The molecule has 0 aromatic carbocycles. The molecule has 2 heterocycles. The molecule has 2 aliphatic carbocycles. The first kappa shape index (κ1) is 24.0. The molecule has 1 amide bonds. The second-order valence-electron chi connectivity index (χ2n) is 10.2. The molecule has 182 valence electrons. The van der Waals surface area contributed by atoms with Gasteiger partial charge in [-0.25, -0.2) is 0 Å². The van der Waals surface area contributed by atoms with Crippen molar-refractivity contribution in [3.05, 3.63) is 24.2 Å². The van der Waals surface area contributed by atoms with E-state index in [1.54, 1.807) is 6.07 Å². The van der Waals surface area contributed by atoms with Crippen LogP contribution in [0.1, 0.15) is 64.5 Å². The minimum Gasteiger partial charge on any atom is -0.472 e. The zero-order valence-corrected chi connectivity index (χ0v) is 19.7. The Morgan fingerprint density at radius 2 is 2.06 bits per heavy atom. The summed E-state index contributed by atoms with van der Waals surface area (Å²) in [5, 5.41) is 11.6. The van der Waals surface area contributed by atoms with Crippen LogP contribution in [0.4, 0.5) is 0 Å². The van der Waals surface area contributed by atoms with Crippen LogP contribution in [0.3, 0.4) is 0 Å². The number of fused-ring (bicyclic) bond motifs is 3. The summed E-state index contributed by atoms with van der Waals surface area (Å²) in [6.45, 7) is 5.29. The third-order valence-corrected chi connectivity index (χ3v) is 8.18. The Kier molecular flexibility index (Phi) is 6.28. The molecule has 1 N–H and O–H groups in total. The Hall–Kier alpha value is -3.15. The van der Waals surface area contributed by atoms with E-state index in [2.05, 4.69) is 5.32 Å². The van der Waals surface area contributed by atoms with Crippen molar-refractivity contribution in [3.8, 4) is 6.07 Å². The number of rotatable bonds is 5. The van der Waals surface area contributed by atoms with Gasteiger partial charge in [0.15, 0.2) is 11.9 Å². The second kappa shape index (κ2) is 8.90. The van der Waals surface area contributed by atoms with E-state index in [9.17, 15) is 19.2 Å². The maximum Gasteiger partial charge on any atom is 0.310 e. The van der Waals surface area contributed by atoms with Crippen LogP contribution < -0.4 is 5.32 Å². The van der Waals surface area contributed by atoms with Crippen LogP contribution in [-0.4, -0.2) is 36.3 Å². The number of ether oxygens (including phenoxy) is 2. The molecular weight excluding hydrogens is 440 g/mol. The highest BCUT2D eigenvalue weighted by molar-refractivity contribution is 5.93. The third kappa shape index (κ3) is 3.89. The van der Waals surface area contributed by atoms with Gasteiger partial charge in [0.1, 0.15) is 6.10 Å². The molecule has 34 heavy (non-hydrogen) atoms. The largest absolute Gasteiger partial charge is 0.472 e. The predicted molar refractivity (Wildman–Crippen MR) is 116 cm³/mol. The molecule has 3 aliphatic rings. The summed E-state index contributed by atoms with van der Waals surface area (Å²) < 4.78 is 16.3. The Morgan fingerprint density at radius 1 is 1.29 bits per heavy atom. The average molecular weight is 471 g/mol. The summed E-state index contributed by atoms with van der Waals surface area (Å²) in [5.41, 5.74) is -0.828. The zero-order chi connectivity index (χ0) is 24.7. The van der Waals surface area contributed by atoms with Gasteiger partial charge >= 0.3 is 11.9 Å². The first-order valence-corrected chi connectivity index (χ1v) is 11.7. The third-order valence-electron chi connectivity index (χ3n) is 8.18. The van der Waals surface area contributed by atoms with Gasteiger partial charge in [0.05, 0.1) is 30.9 Å². The van der Waals surface area contributed by atoms with Gasteiger partial charge in [0.25, 0.3) is 0 Å². The molecular formula is C25H30N2O7. The summed E-state index contributed by atoms with van der Waals surface area (Å²) in [6, 6.07) is 3.74. The molecule has 1 aromatic rings. The maximum atomic E-state index is 13.9. The number of carbonyl (C=O) groups is 4. The number of carbonyl (C=O) groups excluding carboxylic acids is 4. The lowest BCUT2D eigenvalue weighted by molar-refractivity contribution is -0.207. The van der Waals surface area contributed by atoms with Gasteiger partial charge in [0, 0.05) is 37.3 Å². The lowest BCUT2D eigenvalue weighted by atomic mass is 9.43. The molecule has 7 atom stereocenters. The van der Waals surface area contributed by atoms with Crippen molar-refractivity contribution in [1.29, 1.82) is 5.26 Å². The zero-order valence-electron chi connectivity index (χ0n) is 19.7. The van der Waals surface area contributed by atoms with Gasteiger partial charge in [-0.2, -0.15) is 5.26 Å². The van der Waals surface area contributed by atoms with Crippen LogP contribution in [0.25, 0.3) is 0 Å². The number of furan rings is 1. The second-order valence-corrected chi connectivity index (χ2v) is 10.2. The van der Waals surface area contributed by atoms with Crippen molar-refractivity contribution < 1.29 is 33.1 Å². The number of hydrogen-bond donors (Lipinski definition) is 1. The van der Waals surface area contributed by atoms with E-state index < -0.39 is 46.8 Å². The van der Waals surface area contributed by atoms with E-state index in [1.165, 1.54) is 19.5 Å². The molecule has 1 aliphatic heterocycles. The number of nitriles is 1. The van der Waals surface area contributed by atoms with E-state index >= 15 is 0 Å². The van der Waals surface area contributed by atoms with Crippen LogP contribution in [0.2, 0.25) is 0 Å². The number of hydrogen-bond acceptors (Lipinski definition) is 8. The van der Waals surface area contributed by atoms with Crippen LogP contribution in [-0.2, 0) is 28.7 Å². The lowest BCUT2D eigenvalue weighted by Crippen LogP contribution is -2.65. The fourth-order valence-corrected chi connectivity index (χ4v) is 6.73. The van der Waals surface area contributed by atoms with Gasteiger partial charge in [-0.3, -0.25) is 19.2 Å². The van der Waals surface area contributed by atoms with E-state index in [4.69, 9.17) is 19.2 Å². The van der Waals surface area contributed by atoms with E-state index in [-0.39, 0.29) is 37.0 Å². The average Bonchev–Trinajstić information content (AvgIpc) is 3.29. The summed E-state index contributed by atoms with van der Waals surface area (Å²) in [4.78, 5) is 52.1. The standard InChI is InChI=1S/C25H30N2O7/c1-14(28)33-18-11-17(22(30)27-9-4-8-26)24(2)7-5-16-23(31)34-19(15-6-10-32-13-15)12-25(16,3)21(24)20(18)29/h6,10,13,16-19,21H,4-5,7,9,11-12H2,1-3H3,(H,27,30)/t16-,17-,18-,19-,21-,24-,25-/m0/s1. The lowest BCUT2D eigenvalue weighted by Gasteiger charge is -2.61. The Balaban J connectivity index is 1.74. The van der Waals surface area contributed by atoms with Crippen LogP contribution >= 0.6 is 0 Å². The summed E-state index contributed by atoms with van der Waals surface area (Å²) in [6.07, 6.45) is 3.02. The van der Waals surface area contributed by atoms with Gasteiger partial charge in [-0.1, -0.05) is 13.8 Å². The Labute approximate surface area is 198 Å². The van der Waals surface area contributed by atoms with Gasteiger partial charge in [-0.15, -0.1) is 0 Å². The minimum atomic E-state index is -1.07. The first-order chi connectivity index (χ1) is 16.1. The van der Waals surface area contributed by atoms with E-state index in [0.29, 0.717) is 24.8 Å². The SMILES string of the molecule is CC(=O)O[C@H]1C[C@@H](C(=O)NCCC#N)[C@]2(C)CC[C@H]3C(=O)O[C@H](c4ccoc4)C[C@]3(C)[C@H]2C1=O. The number of ketones is 1. The van der Waals surface area contributed by atoms with Crippen molar-refractivity contribution >= 4 is 23.6 Å². The number of cyclic esters (lactones) is 1. The Bertz CT molecular complexity index is 1030. The monoisotopic (exact) mass is 470 g/mol. The molecule has 0 bridgehead atoms. The van der Waals surface area contributed by atoms with Crippen molar-refractivity contribution in [2.45, 2.75) is 65.1 Å². The number of amides is 1. The molecule has 1 saturated heterocycles. The topological polar surface area (TPSA) is 136 Å². The molecule has 0 spiro atoms. The molecule has 9 nitrogen and oxygen atoms in total. The normalized spacial score (nSPS) is 36.9. The summed E-state index contributed by atoms with van der Waals surface area (Å²) in [5.74, 6) is -3.27. The predicted octanol–water partition coefficient (Wildman–Crippen LogP) is 2.86. The fourth-order valence-electron chi connectivity index (χ4n) is 6.73. The molecule has 1 aromatic heterocycles. The molecule has 4 rings (SSSR count). The van der Waals surface area contributed by atoms with Gasteiger partial charge in [-0.05, 0) is 36.2 Å². The smallest absolute Gasteiger partial charge is 0.310 e. The van der Waals surface area contributed by atoms with Crippen molar-refractivity contribution in [2.75, 3.05) is 6.54 Å². The fraction of sp³-hybridized carbons (Fsp3) is 0.640. The highest BCUT2D eigenvalue weighted by Gasteiger charge is 2.67. The van der Waals surface area contributed by atoms with Crippen LogP contribution in [0, 0.1) is 39.9 Å². The summed E-state index contributed by atoms with van der Waals surface area (Å²) in [7, 11) is 0.